The molecule has 0 N–H and O–H groups in total. The van der Waals surface area contributed by atoms with Gasteiger partial charge in [-0.05, 0) is 25.5 Å². The van der Waals surface area contributed by atoms with Gasteiger partial charge in [-0.2, -0.15) is 5.26 Å². The van der Waals surface area contributed by atoms with Crippen molar-refractivity contribution >= 4 is 5.69 Å². The molecule has 80 valence electrons. The number of benzene rings is 1. The summed E-state index contributed by atoms with van der Waals surface area (Å²) in [5.41, 5.74) is 1.21. The molecule has 0 radical (unpaired) electrons. The summed E-state index contributed by atoms with van der Waals surface area (Å²) in [4.78, 5) is 2.29. The van der Waals surface area contributed by atoms with Crippen LogP contribution in [0.3, 0.4) is 0 Å². The second kappa shape index (κ2) is 6.08. The predicted molar refractivity (Wildman–Crippen MR) is 63.8 cm³/mol. The number of hydrogen-bond donors (Lipinski definition) is 0. The Balaban J connectivity index is 2.83. The molecule has 0 fully saturated rings. The van der Waals surface area contributed by atoms with Gasteiger partial charge >= 0.3 is 0 Å². The van der Waals surface area contributed by atoms with Gasteiger partial charge in [-0.1, -0.05) is 25.1 Å². The number of hydrogen-bond acceptors (Lipinski definition) is 2. The van der Waals surface area contributed by atoms with Crippen molar-refractivity contribution in [2.24, 2.45) is 0 Å². The van der Waals surface area contributed by atoms with Gasteiger partial charge in [0.05, 0.1) is 12.5 Å². The fourth-order valence-electron chi connectivity index (χ4n) is 1.85. The zero-order valence-corrected chi connectivity index (χ0v) is 9.48. The van der Waals surface area contributed by atoms with Gasteiger partial charge in [-0.15, -0.1) is 0 Å². The van der Waals surface area contributed by atoms with Crippen LogP contribution < -0.4 is 4.90 Å². The summed E-state index contributed by atoms with van der Waals surface area (Å²) in [6.07, 6.45) is 1.61. The SMILES string of the molecule is CCC(CC#N)N(CC)c1ccccc1. The number of para-hydroxylation sites is 1. The number of anilines is 1. The van der Waals surface area contributed by atoms with E-state index in [4.69, 9.17) is 5.26 Å². The Morgan fingerprint density at radius 3 is 2.40 bits per heavy atom. The van der Waals surface area contributed by atoms with Gasteiger partial charge in [0.2, 0.25) is 0 Å². The fraction of sp³-hybridized carbons (Fsp3) is 0.462. The molecule has 0 heterocycles. The summed E-state index contributed by atoms with van der Waals surface area (Å²) in [5, 5.41) is 8.78. The summed E-state index contributed by atoms with van der Waals surface area (Å²) in [7, 11) is 0. The highest BCUT2D eigenvalue weighted by Crippen LogP contribution is 2.19. The molecular formula is C13H18N2. The molecule has 1 aromatic carbocycles. The van der Waals surface area contributed by atoms with Gasteiger partial charge < -0.3 is 4.90 Å². The Labute approximate surface area is 92.1 Å². The molecule has 1 atom stereocenters. The highest BCUT2D eigenvalue weighted by molar-refractivity contribution is 5.47. The Hall–Kier alpha value is -1.49. The lowest BCUT2D eigenvalue weighted by Gasteiger charge is -2.30. The normalized spacial score (nSPS) is 11.8. The molecule has 15 heavy (non-hydrogen) atoms. The maximum absolute atomic E-state index is 8.78. The van der Waals surface area contributed by atoms with E-state index in [1.807, 2.05) is 18.2 Å². The topological polar surface area (TPSA) is 27.0 Å². The first-order valence-electron chi connectivity index (χ1n) is 5.52. The van der Waals surface area contributed by atoms with E-state index in [0.717, 1.165) is 13.0 Å². The molecular weight excluding hydrogens is 184 g/mol. The highest BCUT2D eigenvalue weighted by atomic mass is 15.2. The van der Waals surface area contributed by atoms with Crippen LogP contribution in [0.1, 0.15) is 26.7 Å². The van der Waals surface area contributed by atoms with Crippen molar-refractivity contribution in [2.75, 3.05) is 11.4 Å². The van der Waals surface area contributed by atoms with Crippen molar-refractivity contribution in [1.29, 1.82) is 5.26 Å². The lowest BCUT2D eigenvalue weighted by atomic mass is 10.1. The van der Waals surface area contributed by atoms with Gasteiger partial charge in [0.25, 0.3) is 0 Å². The van der Waals surface area contributed by atoms with Crippen molar-refractivity contribution in [2.45, 2.75) is 32.7 Å². The second-order valence-corrected chi connectivity index (χ2v) is 3.55. The van der Waals surface area contributed by atoms with Crippen LogP contribution in [-0.4, -0.2) is 12.6 Å². The largest absolute Gasteiger partial charge is 0.368 e. The molecule has 0 aliphatic rings. The lowest BCUT2D eigenvalue weighted by Crippen LogP contribution is -2.34. The maximum atomic E-state index is 8.78. The first-order chi connectivity index (χ1) is 7.33. The molecule has 0 aliphatic heterocycles. The molecule has 1 rings (SSSR count). The van der Waals surface area contributed by atoms with Crippen molar-refractivity contribution in [3.63, 3.8) is 0 Å². The first-order valence-corrected chi connectivity index (χ1v) is 5.52. The van der Waals surface area contributed by atoms with Gasteiger partial charge in [-0.25, -0.2) is 0 Å². The van der Waals surface area contributed by atoms with E-state index in [2.05, 4.69) is 36.9 Å². The molecule has 0 bridgehead atoms. The Kier molecular flexibility index (Phi) is 4.70. The van der Waals surface area contributed by atoms with Crippen molar-refractivity contribution in [3.05, 3.63) is 30.3 Å². The number of nitriles is 1. The molecule has 0 saturated carbocycles. The van der Waals surface area contributed by atoms with Crippen molar-refractivity contribution in [1.82, 2.24) is 0 Å². The van der Waals surface area contributed by atoms with Crippen LogP contribution in [-0.2, 0) is 0 Å². The molecule has 0 amide bonds. The van der Waals surface area contributed by atoms with E-state index in [0.29, 0.717) is 12.5 Å². The summed E-state index contributed by atoms with van der Waals surface area (Å²) in [6, 6.07) is 12.9. The summed E-state index contributed by atoms with van der Waals surface area (Å²) in [5.74, 6) is 0. The minimum atomic E-state index is 0.336. The first kappa shape index (κ1) is 11.6. The Morgan fingerprint density at radius 1 is 1.27 bits per heavy atom. The van der Waals surface area contributed by atoms with E-state index in [-0.39, 0.29) is 0 Å². The van der Waals surface area contributed by atoms with Crippen LogP contribution in [0.15, 0.2) is 30.3 Å². The zero-order valence-electron chi connectivity index (χ0n) is 9.48. The van der Waals surface area contributed by atoms with Crippen LogP contribution in [0, 0.1) is 11.3 Å². The standard InChI is InChI=1S/C13H18N2/c1-3-12(10-11-14)15(4-2)13-8-6-5-7-9-13/h5-9,12H,3-4,10H2,1-2H3. The zero-order chi connectivity index (χ0) is 11.1. The number of nitrogens with zero attached hydrogens (tertiary/aromatic N) is 2. The fourth-order valence-corrected chi connectivity index (χ4v) is 1.85. The molecule has 1 unspecified atom stereocenters. The molecule has 0 saturated heterocycles. The van der Waals surface area contributed by atoms with Crippen molar-refractivity contribution < 1.29 is 0 Å². The molecule has 1 aromatic rings. The van der Waals surface area contributed by atoms with Gasteiger partial charge in [0.15, 0.2) is 0 Å². The minimum Gasteiger partial charge on any atom is -0.368 e. The minimum absolute atomic E-state index is 0.336. The van der Waals surface area contributed by atoms with E-state index >= 15 is 0 Å². The highest BCUT2D eigenvalue weighted by Gasteiger charge is 2.14. The van der Waals surface area contributed by atoms with Crippen LogP contribution in [0.4, 0.5) is 5.69 Å². The van der Waals surface area contributed by atoms with Crippen LogP contribution in [0.2, 0.25) is 0 Å². The molecule has 2 heteroatoms. The van der Waals surface area contributed by atoms with Crippen molar-refractivity contribution in [3.8, 4) is 6.07 Å². The number of rotatable bonds is 5. The van der Waals surface area contributed by atoms with Gasteiger partial charge in [-0.3, -0.25) is 0 Å². The van der Waals surface area contributed by atoms with Gasteiger partial charge in [0.1, 0.15) is 0 Å². The van der Waals surface area contributed by atoms with Crippen LogP contribution in [0.25, 0.3) is 0 Å². The summed E-state index contributed by atoms with van der Waals surface area (Å²) in [6.45, 7) is 5.21. The average Bonchev–Trinajstić information content (AvgIpc) is 2.30. The predicted octanol–water partition coefficient (Wildman–Crippen LogP) is 3.21. The summed E-state index contributed by atoms with van der Waals surface area (Å²) < 4.78 is 0. The van der Waals surface area contributed by atoms with Crippen LogP contribution >= 0.6 is 0 Å². The quantitative estimate of drug-likeness (QED) is 0.733. The maximum Gasteiger partial charge on any atom is 0.0643 e. The van der Waals surface area contributed by atoms with E-state index in [1.165, 1.54) is 5.69 Å². The smallest absolute Gasteiger partial charge is 0.0643 e. The van der Waals surface area contributed by atoms with Crippen LogP contribution in [0.5, 0.6) is 0 Å². The molecule has 0 spiro atoms. The second-order valence-electron chi connectivity index (χ2n) is 3.55. The Morgan fingerprint density at radius 2 is 1.93 bits per heavy atom. The summed E-state index contributed by atoms with van der Waals surface area (Å²) >= 11 is 0. The molecule has 0 aromatic heterocycles. The van der Waals surface area contributed by atoms with E-state index in [9.17, 15) is 0 Å². The molecule has 0 aliphatic carbocycles. The van der Waals surface area contributed by atoms with Gasteiger partial charge in [0, 0.05) is 18.3 Å². The molecule has 2 nitrogen and oxygen atoms in total. The third-order valence-electron chi connectivity index (χ3n) is 2.67. The third-order valence-corrected chi connectivity index (χ3v) is 2.67. The average molecular weight is 202 g/mol. The van der Waals surface area contributed by atoms with E-state index < -0.39 is 0 Å². The van der Waals surface area contributed by atoms with E-state index in [1.54, 1.807) is 0 Å². The lowest BCUT2D eigenvalue weighted by molar-refractivity contribution is 0.593. The third kappa shape index (κ3) is 2.99. The monoisotopic (exact) mass is 202 g/mol. The Bertz CT molecular complexity index is 313.